The minimum Gasteiger partial charge on any atom is -0.493 e. The van der Waals surface area contributed by atoms with Crippen molar-refractivity contribution in [3.8, 4) is 11.5 Å². The number of carbonyl (C=O) groups excluding carboxylic acids is 1. The average Bonchev–Trinajstić information content (AvgIpc) is 2.64. The van der Waals surface area contributed by atoms with E-state index in [0.717, 1.165) is 34.7 Å². The van der Waals surface area contributed by atoms with Crippen molar-refractivity contribution in [2.45, 2.75) is 33.1 Å². The monoisotopic (exact) mass is 371 g/mol. The number of nitrogens with zero attached hydrogens (tertiary/aromatic N) is 1. The van der Waals surface area contributed by atoms with E-state index in [1.54, 1.807) is 14.0 Å². The lowest BCUT2D eigenvalue weighted by atomic mass is 9.96. The van der Waals surface area contributed by atoms with Gasteiger partial charge in [0.15, 0.2) is 11.5 Å². The van der Waals surface area contributed by atoms with E-state index in [4.69, 9.17) is 9.47 Å². The summed E-state index contributed by atoms with van der Waals surface area (Å²) in [5.74, 6) is 1.76. The Bertz CT molecular complexity index is 865. The van der Waals surface area contributed by atoms with Crippen molar-refractivity contribution in [1.82, 2.24) is 15.3 Å². The fraction of sp³-hybridized carbons (Fsp3) is 0.450. The summed E-state index contributed by atoms with van der Waals surface area (Å²) in [6.07, 6.45) is 1.75. The molecule has 1 aliphatic rings. The second-order valence-electron chi connectivity index (χ2n) is 6.86. The van der Waals surface area contributed by atoms with Gasteiger partial charge in [0, 0.05) is 30.3 Å². The predicted molar refractivity (Wildman–Crippen MR) is 101 cm³/mol. The first-order valence-corrected chi connectivity index (χ1v) is 9.09. The number of H-pyrrole nitrogens is 1. The van der Waals surface area contributed by atoms with Crippen molar-refractivity contribution >= 4 is 5.91 Å². The highest BCUT2D eigenvalue weighted by Gasteiger charge is 2.23. The summed E-state index contributed by atoms with van der Waals surface area (Å²) in [4.78, 5) is 30.1. The van der Waals surface area contributed by atoms with Crippen molar-refractivity contribution in [2.24, 2.45) is 5.92 Å². The number of carbonyl (C=O) groups is 1. The van der Waals surface area contributed by atoms with Crippen molar-refractivity contribution in [1.29, 1.82) is 0 Å². The molecule has 1 aromatic heterocycles. The summed E-state index contributed by atoms with van der Waals surface area (Å²) in [5.41, 5.74) is 3.12. The summed E-state index contributed by atoms with van der Waals surface area (Å²) < 4.78 is 11.2. The van der Waals surface area contributed by atoms with Crippen molar-refractivity contribution < 1.29 is 14.3 Å². The maximum atomic E-state index is 12.2. The Labute approximate surface area is 158 Å². The summed E-state index contributed by atoms with van der Waals surface area (Å²) >= 11 is 0. The van der Waals surface area contributed by atoms with Gasteiger partial charge in [-0.2, -0.15) is 4.98 Å². The number of fused-ring (bicyclic) bond motifs is 1. The molecule has 144 valence electrons. The van der Waals surface area contributed by atoms with Gasteiger partial charge in [-0.1, -0.05) is 12.1 Å². The molecule has 0 bridgehead atoms. The Morgan fingerprint density at radius 2 is 2.22 bits per heavy atom. The number of nitrogens with one attached hydrogen (secondary N) is 2. The van der Waals surface area contributed by atoms with Crippen LogP contribution in [0.15, 0.2) is 23.0 Å². The molecule has 0 saturated heterocycles. The van der Waals surface area contributed by atoms with E-state index in [1.807, 2.05) is 25.1 Å². The molecule has 7 nitrogen and oxygen atoms in total. The van der Waals surface area contributed by atoms with Crippen molar-refractivity contribution in [2.75, 3.05) is 20.3 Å². The zero-order chi connectivity index (χ0) is 19.4. The van der Waals surface area contributed by atoms with Gasteiger partial charge in [-0.25, -0.2) is 4.79 Å². The lowest BCUT2D eigenvalue weighted by molar-refractivity contribution is -0.121. The molecule has 0 unspecified atom stereocenters. The number of para-hydroxylation sites is 1. The Balaban J connectivity index is 1.51. The van der Waals surface area contributed by atoms with Crippen LogP contribution in [0.25, 0.3) is 0 Å². The summed E-state index contributed by atoms with van der Waals surface area (Å²) in [6.45, 7) is 4.74. The van der Waals surface area contributed by atoms with Gasteiger partial charge in [0.05, 0.1) is 13.7 Å². The molecule has 27 heavy (non-hydrogen) atoms. The largest absolute Gasteiger partial charge is 0.493 e. The topological polar surface area (TPSA) is 93.3 Å². The van der Waals surface area contributed by atoms with E-state index >= 15 is 0 Å². The number of methoxy groups -OCH3 is 1. The highest BCUT2D eigenvalue weighted by atomic mass is 16.5. The van der Waals surface area contributed by atoms with Gasteiger partial charge < -0.3 is 19.8 Å². The lowest BCUT2D eigenvalue weighted by Gasteiger charge is -2.26. The summed E-state index contributed by atoms with van der Waals surface area (Å²) in [6, 6.07) is 5.86. The van der Waals surface area contributed by atoms with Gasteiger partial charge in [0.1, 0.15) is 0 Å². The van der Waals surface area contributed by atoms with Gasteiger partial charge in [0.25, 0.3) is 0 Å². The highest BCUT2D eigenvalue weighted by molar-refractivity contribution is 5.76. The average molecular weight is 371 g/mol. The van der Waals surface area contributed by atoms with Crippen LogP contribution in [-0.4, -0.2) is 36.1 Å². The quantitative estimate of drug-likeness (QED) is 0.806. The van der Waals surface area contributed by atoms with Gasteiger partial charge in [-0.15, -0.1) is 0 Å². The molecule has 0 saturated carbocycles. The van der Waals surface area contributed by atoms with Crippen LogP contribution in [0.5, 0.6) is 11.5 Å². The van der Waals surface area contributed by atoms with E-state index in [-0.39, 0.29) is 17.5 Å². The molecular formula is C20H25N3O4. The zero-order valence-corrected chi connectivity index (χ0v) is 15.9. The lowest BCUT2D eigenvalue weighted by Crippen LogP contribution is -2.35. The second kappa shape index (κ2) is 8.24. The minimum atomic E-state index is -0.354. The van der Waals surface area contributed by atoms with Gasteiger partial charge in [-0.3, -0.25) is 4.79 Å². The number of aryl methyl sites for hydroxylation is 2. The van der Waals surface area contributed by atoms with Gasteiger partial charge >= 0.3 is 5.69 Å². The molecule has 0 spiro atoms. The number of ether oxygens (including phenoxy) is 2. The van der Waals surface area contributed by atoms with Crippen LogP contribution in [-0.2, 0) is 17.6 Å². The molecule has 2 aromatic rings. The van der Waals surface area contributed by atoms with E-state index < -0.39 is 0 Å². The summed E-state index contributed by atoms with van der Waals surface area (Å²) in [5, 5.41) is 2.99. The molecule has 0 radical (unpaired) electrons. The SMILES string of the molecule is COc1cccc2c1OC[C@@H](CNC(=O)CCc1c(C)nc(=O)[nH]c1C)C2. The normalized spacial score (nSPS) is 15.6. The smallest absolute Gasteiger partial charge is 0.345 e. The van der Waals surface area contributed by atoms with E-state index in [2.05, 4.69) is 15.3 Å². The van der Waals surface area contributed by atoms with Crippen molar-refractivity contribution in [3.05, 3.63) is 51.2 Å². The second-order valence-corrected chi connectivity index (χ2v) is 6.86. The van der Waals surface area contributed by atoms with Gasteiger partial charge in [-0.05, 0) is 43.9 Å². The summed E-state index contributed by atoms with van der Waals surface area (Å²) in [7, 11) is 1.63. The number of aromatic amines is 1. The fourth-order valence-electron chi connectivity index (χ4n) is 3.46. The third-order valence-corrected chi connectivity index (χ3v) is 4.90. The van der Waals surface area contributed by atoms with Crippen LogP contribution in [0.4, 0.5) is 0 Å². The minimum absolute atomic E-state index is 0.0172. The maximum Gasteiger partial charge on any atom is 0.345 e. The molecule has 1 aromatic carbocycles. The Morgan fingerprint density at radius 3 is 2.96 bits per heavy atom. The number of benzene rings is 1. The molecule has 0 aliphatic carbocycles. The molecule has 2 N–H and O–H groups in total. The first-order chi connectivity index (χ1) is 13.0. The van der Waals surface area contributed by atoms with Crippen LogP contribution < -0.4 is 20.5 Å². The fourth-order valence-corrected chi connectivity index (χ4v) is 3.46. The van der Waals surface area contributed by atoms with E-state index in [9.17, 15) is 9.59 Å². The number of hydrogen-bond acceptors (Lipinski definition) is 5. The predicted octanol–water partition coefficient (Wildman–Crippen LogP) is 1.70. The third-order valence-electron chi connectivity index (χ3n) is 4.90. The maximum absolute atomic E-state index is 12.2. The Morgan fingerprint density at radius 1 is 1.41 bits per heavy atom. The van der Waals surface area contributed by atoms with Crippen LogP contribution in [0.2, 0.25) is 0 Å². The highest BCUT2D eigenvalue weighted by Crippen LogP contribution is 2.35. The first-order valence-electron chi connectivity index (χ1n) is 9.09. The zero-order valence-electron chi connectivity index (χ0n) is 15.9. The van der Waals surface area contributed by atoms with Crippen LogP contribution in [0, 0.1) is 19.8 Å². The molecule has 1 atom stereocenters. The molecule has 2 heterocycles. The first kappa shape index (κ1) is 18.9. The standard InChI is InChI=1S/C20H25N3O4/c1-12-16(13(2)23-20(25)22-12)7-8-18(24)21-10-14-9-15-5-4-6-17(26-3)19(15)27-11-14/h4-6,14H,7-11H2,1-3H3,(H,21,24)(H,22,23,25)/t14-/m1/s1. The van der Waals surface area contributed by atoms with Crippen molar-refractivity contribution in [3.63, 3.8) is 0 Å². The van der Waals surface area contributed by atoms with E-state index in [1.165, 1.54) is 0 Å². The number of rotatable bonds is 6. The van der Waals surface area contributed by atoms with E-state index in [0.29, 0.717) is 31.7 Å². The molecular weight excluding hydrogens is 346 g/mol. The molecule has 1 aliphatic heterocycles. The van der Waals surface area contributed by atoms with Crippen LogP contribution >= 0.6 is 0 Å². The van der Waals surface area contributed by atoms with Crippen LogP contribution in [0.1, 0.15) is 28.9 Å². The Hall–Kier alpha value is -2.83. The Kier molecular flexibility index (Phi) is 5.78. The number of hydrogen-bond donors (Lipinski definition) is 2. The number of aromatic nitrogens is 2. The van der Waals surface area contributed by atoms with Gasteiger partial charge in [0.2, 0.25) is 5.91 Å². The molecule has 7 heteroatoms. The van der Waals surface area contributed by atoms with Crippen LogP contribution in [0.3, 0.4) is 0 Å². The third kappa shape index (κ3) is 4.48. The molecule has 3 rings (SSSR count). The molecule has 1 amide bonds. The molecule has 0 fully saturated rings. The number of amides is 1.